The minimum Gasteiger partial charge on any atom is -0.354 e. The Morgan fingerprint density at radius 1 is 1.70 bits per heavy atom. The summed E-state index contributed by atoms with van der Waals surface area (Å²) >= 11 is 0. The number of hydrogen-bond acceptors (Lipinski definition) is 2. The molecule has 0 aromatic heterocycles. The summed E-state index contributed by atoms with van der Waals surface area (Å²) in [5.41, 5.74) is 0. The second kappa shape index (κ2) is 2.23. The molecule has 0 radical (unpaired) electrons. The molecule has 58 valence electrons. The van der Waals surface area contributed by atoms with Gasteiger partial charge in [0.25, 0.3) is 0 Å². The maximum absolute atomic E-state index is 10.5. The SMILES string of the molecule is N=C1NCCN1P(=O)(O)O. The highest BCUT2D eigenvalue weighted by Gasteiger charge is 2.31. The fourth-order valence-electron chi connectivity index (χ4n) is 0.744. The van der Waals surface area contributed by atoms with Crippen molar-refractivity contribution in [2.24, 2.45) is 0 Å². The zero-order chi connectivity index (χ0) is 7.78. The van der Waals surface area contributed by atoms with Gasteiger partial charge >= 0.3 is 7.75 Å². The lowest BCUT2D eigenvalue weighted by Gasteiger charge is -2.16. The molecule has 6 nitrogen and oxygen atoms in total. The molecule has 1 saturated heterocycles. The molecule has 0 aromatic carbocycles. The van der Waals surface area contributed by atoms with E-state index in [1.54, 1.807) is 0 Å². The Morgan fingerprint density at radius 2 is 2.30 bits per heavy atom. The van der Waals surface area contributed by atoms with E-state index in [0.29, 0.717) is 6.54 Å². The average Bonchev–Trinajstić information content (AvgIpc) is 2.11. The Labute approximate surface area is 57.6 Å². The molecule has 0 atom stereocenters. The predicted octanol–water partition coefficient (Wildman–Crippen LogP) is -1.08. The molecule has 1 aliphatic heterocycles. The van der Waals surface area contributed by atoms with Gasteiger partial charge < -0.3 is 15.1 Å². The van der Waals surface area contributed by atoms with Crippen LogP contribution in [0.1, 0.15) is 0 Å². The van der Waals surface area contributed by atoms with E-state index in [1.165, 1.54) is 0 Å². The van der Waals surface area contributed by atoms with Gasteiger partial charge in [-0.3, -0.25) is 5.41 Å². The van der Waals surface area contributed by atoms with Crippen LogP contribution in [0.3, 0.4) is 0 Å². The van der Waals surface area contributed by atoms with Gasteiger partial charge in [-0.15, -0.1) is 0 Å². The fourth-order valence-corrected chi connectivity index (χ4v) is 1.44. The summed E-state index contributed by atoms with van der Waals surface area (Å²) < 4.78 is 11.2. The number of nitrogens with one attached hydrogen (secondary N) is 2. The van der Waals surface area contributed by atoms with Crippen LogP contribution in [0.2, 0.25) is 0 Å². The van der Waals surface area contributed by atoms with Crippen molar-refractivity contribution >= 4 is 13.7 Å². The van der Waals surface area contributed by atoms with Gasteiger partial charge in [0, 0.05) is 13.1 Å². The minimum atomic E-state index is -4.22. The number of guanidine groups is 1. The Hall–Kier alpha value is -0.580. The molecular formula is C3H8N3O3P. The third-order valence-corrected chi connectivity index (χ3v) is 2.22. The molecule has 7 heteroatoms. The van der Waals surface area contributed by atoms with E-state index < -0.39 is 7.75 Å². The van der Waals surface area contributed by atoms with E-state index in [-0.39, 0.29) is 12.5 Å². The summed E-state index contributed by atoms with van der Waals surface area (Å²) in [6, 6.07) is 0. The molecule has 10 heavy (non-hydrogen) atoms. The van der Waals surface area contributed by atoms with Crippen molar-refractivity contribution in [3.05, 3.63) is 0 Å². The standard InChI is InChI=1S/C3H8N3O3P/c4-3-5-1-2-6(3)10(7,8)9/h1-2H2,(H2,4,5)(H2,7,8,9). The quantitative estimate of drug-likeness (QED) is 0.370. The van der Waals surface area contributed by atoms with Crippen LogP contribution in [0.5, 0.6) is 0 Å². The molecule has 1 fully saturated rings. The van der Waals surface area contributed by atoms with Crippen molar-refractivity contribution in [1.82, 2.24) is 9.99 Å². The van der Waals surface area contributed by atoms with Crippen LogP contribution in [0, 0.1) is 5.41 Å². The van der Waals surface area contributed by atoms with Crippen LogP contribution in [0.15, 0.2) is 0 Å². The molecule has 0 amide bonds. The zero-order valence-electron chi connectivity index (χ0n) is 5.11. The van der Waals surface area contributed by atoms with Crippen molar-refractivity contribution in [1.29, 1.82) is 5.41 Å². The lowest BCUT2D eigenvalue weighted by atomic mass is 10.7. The highest BCUT2D eigenvalue weighted by molar-refractivity contribution is 7.50. The third kappa shape index (κ3) is 1.29. The van der Waals surface area contributed by atoms with Crippen LogP contribution in [-0.2, 0) is 4.57 Å². The van der Waals surface area contributed by atoms with E-state index in [4.69, 9.17) is 15.2 Å². The molecular weight excluding hydrogens is 157 g/mol. The van der Waals surface area contributed by atoms with Gasteiger partial charge in [-0.1, -0.05) is 0 Å². The first-order chi connectivity index (χ1) is 4.52. The van der Waals surface area contributed by atoms with Crippen molar-refractivity contribution in [3.63, 3.8) is 0 Å². The van der Waals surface area contributed by atoms with Crippen molar-refractivity contribution in [3.8, 4) is 0 Å². The second-order valence-electron chi connectivity index (χ2n) is 1.91. The van der Waals surface area contributed by atoms with Crippen LogP contribution < -0.4 is 5.32 Å². The van der Waals surface area contributed by atoms with Crippen molar-refractivity contribution in [2.75, 3.05) is 13.1 Å². The molecule has 1 heterocycles. The molecule has 0 unspecified atom stereocenters. The lowest BCUT2D eigenvalue weighted by Crippen LogP contribution is -2.25. The molecule has 1 aliphatic rings. The van der Waals surface area contributed by atoms with E-state index in [1.807, 2.05) is 0 Å². The topological polar surface area (TPSA) is 96.7 Å². The third-order valence-electron chi connectivity index (χ3n) is 1.19. The van der Waals surface area contributed by atoms with Gasteiger partial charge in [-0.05, 0) is 0 Å². The Balaban J connectivity index is 2.74. The van der Waals surface area contributed by atoms with Crippen LogP contribution in [0.4, 0.5) is 0 Å². The summed E-state index contributed by atoms with van der Waals surface area (Å²) in [5, 5.41) is 9.48. The van der Waals surface area contributed by atoms with Gasteiger partial charge in [0.2, 0.25) is 0 Å². The van der Waals surface area contributed by atoms with Crippen LogP contribution in [-0.4, -0.2) is 33.5 Å². The van der Waals surface area contributed by atoms with Gasteiger partial charge in [0.05, 0.1) is 0 Å². The van der Waals surface area contributed by atoms with E-state index in [0.717, 1.165) is 4.67 Å². The lowest BCUT2D eigenvalue weighted by molar-refractivity contribution is 0.323. The molecule has 0 aromatic rings. The molecule has 0 aliphatic carbocycles. The number of rotatable bonds is 1. The summed E-state index contributed by atoms with van der Waals surface area (Å²) in [6.07, 6.45) is 0. The van der Waals surface area contributed by atoms with E-state index in [2.05, 4.69) is 5.32 Å². The second-order valence-corrected chi connectivity index (χ2v) is 3.42. The smallest absolute Gasteiger partial charge is 0.354 e. The highest BCUT2D eigenvalue weighted by atomic mass is 31.2. The summed E-state index contributed by atoms with van der Waals surface area (Å²) in [7, 11) is -4.22. The highest BCUT2D eigenvalue weighted by Crippen LogP contribution is 2.40. The number of hydrogen-bond donors (Lipinski definition) is 4. The average molecular weight is 165 g/mol. The van der Waals surface area contributed by atoms with Crippen LogP contribution >= 0.6 is 7.75 Å². The van der Waals surface area contributed by atoms with Crippen molar-refractivity contribution < 1.29 is 14.4 Å². The predicted molar refractivity (Wildman–Crippen MR) is 34.5 cm³/mol. The monoisotopic (exact) mass is 165 g/mol. The maximum atomic E-state index is 10.5. The Morgan fingerprint density at radius 3 is 2.50 bits per heavy atom. The first-order valence-electron chi connectivity index (χ1n) is 2.68. The fraction of sp³-hybridized carbons (Fsp3) is 0.667. The van der Waals surface area contributed by atoms with Crippen LogP contribution in [0.25, 0.3) is 0 Å². The first kappa shape index (κ1) is 7.53. The normalized spacial score (nSPS) is 19.4. The molecule has 0 bridgehead atoms. The van der Waals surface area contributed by atoms with Gasteiger partial charge in [0.15, 0.2) is 5.96 Å². The first-order valence-corrected chi connectivity index (χ1v) is 4.24. The number of nitrogens with zero attached hydrogens (tertiary/aromatic N) is 1. The van der Waals surface area contributed by atoms with Crippen molar-refractivity contribution in [2.45, 2.75) is 0 Å². The van der Waals surface area contributed by atoms with Gasteiger partial charge in [-0.2, -0.15) is 0 Å². The summed E-state index contributed by atoms with van der Waals surface area (Å²) in [5.74, 6) is -0.201. The largest absolute Gasteiger partial charge is 0.432 e. The summed E-state index contributed by atoms with van der Waals surface area (Å²) in [6.45, 7) is 0.618. The van der Waals surface area contributed by atoms with Gasteiger partial charge in [0.1, 0.15) is 0 Å². The maximum Gasteiger partial charge on any atom is 0.432 e. The molecule has 0 spiro atoms. The molecule has 0 saturated carbocycles. The zero-order valence-corrected chi connectivity index (χ0v) is 6.01. The summed E-state index contributed by atoms with van der Waals surface area (Å²) in [4.78, 5) is 17.1. The minimum absolute atomic E-state index is 0.198. The van der Waals surface area contributed by atoms with E-state index in [9.17, 15) is 4.57 Å². The van der Waals surface area contributed by atoms with Gasteiger partial charge in [-0.25, -0.2) is 9.24 Å². The molecule has 1 rings (SSSR count). The van der Waals surface area contributed by atoms with E-state index >= 15 is 0 Å². The Bertz CT molecular complexity index is 199. The Kier molecular flexibility index (Phi) is 1.68. The molecule has 4 N–H and O–H groups in total.